The van der Waals surface area contributed by atoms with Gasteiger partial charge in [-0.25, -0.2) is 0 Å². The molecule has 1 fully saturated rings. The molecule has 0 aromatic heterocycles. The molecule has 5 nitrogen and oxygen atoms in total. The molecule has 0 aliphatic carbocycles. The molecule has 0 aromatic carbocycles. The molecule has 2 atom stereocenters. The Balaban J connectivity index is 2.51. The highest BCUT2D eigenvalue weighted by atomic mass is 32.2. The molecule has 108 valence electrons. The summed E-state index contributed by atoms with van der Waals surface area (Å²) in [5.74, 6) is 0.0845. The van der Waals surface area contributed by atoms with E-state index in [4.69, 9.17) is 5.11 Å². The number of nitrogens with one attached hydrogen (secondary N) is 1. The number of aliphatic hydroxyl groups excluding tert-OH is 1. The van der Waals surface area contributed by atoms with Crippen molar-refractivity contribution >= 4 is 10.2 Å². The number of piperidine rings is 1. The predicted octanol–water partition coefficient (Wildman–Crippen LogP) is 1.10. The van der Waals surface area contributed by atoms with Crippen molar-refractivity contribution in [3.05, 3.63) is 0 Å². The summed E-state index contributed by atoms with van der Waals surface area (Å²) in [6, 6.07) is -0.0237. The second kappa shape index (κ2) is 7.43. The lowest BCUT2D eigenvalue weighted by molar-refractivity contribution is 0.164. The van der Waals surface area contributed by atoms with Crippen LogP contribution in [-0.2, 0) is 10.2 Å². The molecule has 1 aliphatic heterocycles. The fourth-order valence-corrected chi connectivity index (χ4v) is 3.84. The van der Waals surface area contributed by atoms with Crippen molar-refractivity contribution in [1.29, 1.82) is 0 Å². The third kappa shape index (κ3) is 4.84. The molecule has 1 rings (SSSR count). The van der Waals surface area contributed by atoms with Gasteiger partial charge in [-0.1, -0.05) is 19.8 Å². The van der Waals surface area contributed by atoms with E-state index in [0.29, 0.717) is 13.1 Å². The highest BCUT2D eigenvalue weighted by Crippen LogP contribution is 2.18. The zero-order valence-corrected chi connectivity index (χ0v) is 12.2. The first kappa shape index (κ1) is 15.9. The fourth-order valence-electron chi connectivity index (χ4n) is 2.29. The predicted molar refractivity (Wildman–Crippen MR) is 72.4 cm³/mol. The van der Waals surface area contributed by atoms with Crippen molar-refractivity contribution in [3.63, 3.8) is 0 Å². The average molecular weight is 278 g/mol. The molecule has 2 N–H and O–H groups in total. The van der Waals surface area contributed by atoms with Crippen LogP contribution in [0.3, 0.4) is 0 Å². The van der Waals surface area contributed by atoms with Crippen molar-refractivity contribution in [3.8, 4) is 0 Å². The summed E-state index contributed by atoms with van der Waals surface area (Å²) in [6.45, 7) is 5.06. The largest absolute Gasteiger partial charge is 0.396 e. The van der Waals surface area contributed by atoms with Gasteiger partial charge in [0.25, 0.3) is 10.2 Å². The van der Waals surface area contributed by atoms with Crippen LogP contribution in [0, 0.1) is 5.92 Å². The number of hydrogen-bond donors (Lipinski definition) is 2. The molecule has 0 saturated carbocycles. The zero-order chi connectivity index (χ0) is 13.6. The van der Waals surface area contributed by atoms with Gasteiger partial charge in [-0.2, -0.15) is 17.4 Å². The van der Waals surface area contributed by atoms with Crippen molar-refractivity contribution in [2.75, 3.05) is 19.7 Å². The standard InChI is InChI=1S/C12H26N2O3S/c1-3-4-6-11(2)13-18(16,17)14-8-5-7-12(9-14)10-15/h11-13,15H,3-10H2,1-2H3. The second-order valence-electron chi connectivity index (χ2n) is 5.22. The topological polar surface area (TPSA) is 69.6 Å². The molecular formula is C12H26N2O3S. The molecule has 0 radical (unpaired) electrons. The van der Waals surface area contributed by atoms with Crippen LogP contribution in [0.15, 0.2) is 0 Å². The van der Waals surface area contributed by atoms with Gasteiger partial charge in [0.1, 0.15) is 0 Å². The van der Waals surface area contributed by atoms with Gasteiger partial charge in [-0.3, -0.25) is 0 Å². The van der Waals surface area contributed by atoms with Crippen LogP contribution in [-0.4, -0.2) is 43.6 Å². The summed E-state index contributed by atoms with van der Waals surface area (Å²) in [6.07, 6.45) is 4.71. The van der Waals surface area contributed by atoms with Gasteiger partial charge in [0.2, 0.25) is 0 Å². The third-order valence-electron chi connectivity index (χ3n) is 3.42. The number of aliphatic hydroxyl groups is 1. The van der Waals surface area contributed by atoms with E-state index in [1.165, 1.54) is 4.31 Å². The van der Waals surface area contributed by atoms with E-state index in [9.17, 15) is 8.42 Å². The highest BCUT2D eigenvalue weighted by molar-refractivity contribution is 7.87. The van der Waals surface area contributed by atoms with Crippen LogP contribution in [0.5, 0.6) is 0 Å². The maximum atomic E-state index is 12.2. The molecule has 0 amide bonds. The monoisotopic (exact) mass is 278 g/mol. The van der Waals surface area contributed by atoms with Gasteiger partial charge in [-0.05, 0) is 32.1 Å². The lowest BCUT2D eigenvalue weighted by atomic mass is 10.0. The first-order valence-corrected chi connectivity index (χ1v) is 8.31. The lowest BCUT2D eigenvalue weighted by Crippen LogP contribution is -2.48. The average Bonchev–Trinajstić information content (AvgIpc) is 2.36. The minimum absolute atomic E-state index is 0.0237. The van der Waals surface area contributed by atoms with Gasteiger partial charge in [-0.15, -0.1) is 0 Å². The van der Waals surface area contributed by atoms with E-state index in [1.807, 2.05) is 6.92 Å². The van der Waals surface area contributed by atoms with E-state index in [0.717, 1.165) is 32.1 Å². The Morgan fingerprint density at radius 1 is 1.50 bits per heavy atom. The van der Waals surface area contributed by atoms with Gasteiger partial charge < -0.3 is 5.11 Å². The van der Waals surface area contributed by atoms with E-state index in [1.54, 1.807) is 0 Å². The Labute approximate surface area is 111 Å². The molecule has 0 aromatic rings. The van der Waals surface area contributed by atoms with Gasteiger partial charge in [0.15, 0.2) is 0 Å². The molecule has 18 heavy (non-hydrogen) atoms. The van der Waals surface area contributed by atoms with Crippen LogP contribution in [0.25, 0.3) is 0 Å². The fraction of sp³-hybridized carbons (Fsp3) is 1.00. The van der Waals surface area contributed by atoms with E-state index >= 15 is 0 Å². The quantitative estimate of drug-likeness (QED) is 0.733. The first-order chi connectivity index (χ1) is 8.49. The Morgan fingerprint density at radius 2 is 2.22 bits per heavy atom. The maximum absolute atomic E-state index is 12.2. The Hall–Kier alpha value is -0.170. The summed E-state index contributed by atoms with van der Waals surface area (Å²) in [5.41, 5.74) is 0. The maximum Gasteiger partial charge on any atom is 0.279 e. The molecule has 1 aliphatic rings. The molecule has 0 bridgehead atoms. The van der Waals surface area contributed by atoms with E-state index in [2.05, 4.69) is 11.6 Å². The summed E-state index contributed by atoms with van der Waals surface area (Å²) in [4.78, 5) is 0. The minimum Gasteiger partial charge on any atom is -0.396 e. The third-order valence-corrected chi connectivity index (χ3v) is 5.13. The van der Waals surface area contributed by atoms with Crippen LogP contribution >= 0.6 is 0 Å². The Kier molecular flexibility index (Phi) is 6.55. The van der Waals surface area contributed by atoms with Crippen molar-refractivity contribution in [2.24, 2.45) is 5.92 Å². The van der Waals surface area contributed by atoms with Gasteiger partial charge >= 0.3 is 0 Å². The van der Waals surface area contributed by atoms with Crippen molar-refractivity contribution < 1.29 is 13.5 Å². The normalized spacial score (nSPS) is 24.1. The summed E-state index contributed by atoms with van der Waals surface area (Å²) < 4.78 is 28.5. The smallest absolute Gasteiger partial charge is 0.279 e. The Morgan fingerprint density at radius 3 is 2.83 bits per heavy atom. The van der Waals surface area contributed by atoms with Crippen molar-refractivity contribution in [2.45, 2.75) is 52.0 Å². The van der Waals surface area contributed by atoms with Crippen molar-refractivity contribution in [1.82, 2.24) is 9.03 Å². The SMILES string of the molecule is CCCCC(C)NS(=O)(=O)N1CCCC(CO)C1. The second-order valence-corrected chi connectivity index (χ2v) is 6.92. The summed E-state index contributed by atoms with van der Waals surface area (Å²) >= 11 is 0. The highest BCUT2D eigenvalue weighted by Gasteiger charge is 2.29. The zero-order valence-electron chi connectivity index (χ0n) is 11.4. The lowest BCUT2D eigenvalue weighted by Gasteiger charge is -2.31. The number of unbranched alkanes of at least 4 members (excludes halogenated alkanes) is 1. The van der Waals surface area contributed by atoms with Crippen LogP contribution in [0.4, 0.5) is 0 Å². The summed E-state index contributed by atoms with van der Waals surface area (Å²) in [5, 5.41) is 9.13. The van der Waals surface area contributed by atoms with E-state index in [-0.39, 0.29) is 18.6 Å². The number of hydrogen-bond acceptors (Lipinski definition) is 3. The molecule has 2 unspecified atom stereocenters. The molecule has 6 heteroatoms. The summed E-state index contributed by atoms with van der Waals surface area (Å²) in [7, 11) is -3.38. The molecule has 1 heterocycles. The van der Waals surface area contributed by atoms with Crippen LogP contribution in [0.2, 0.25) is 0 Å². The van der Waals surface area contributed by atoms with E-state index < -0.39 is 10.2 Å². The first-order valence-electron chi connectivity index (χ1n) is 6.87. The van der Waals surface area contributed by atoms with Gasteiger partial charge in [0, 0.05) is 25.7 Å². The number of nitrogens with zero attached hydrogens (tertiary/aromatic N) is 1. The molecular weight excluding hydrogens is 252 g/mol. The Bertz CT molecular complexity index is 332. The van der Waals surface area contributed by atoms with Crippen LogP contribution < -0.4 is 4.72 Å². The van der Waals surface area contributed by atoms with Gasteiger partial charge in [0.05, 0.1) is 0 Å². The number of rotatable bonds is 7. The minimum atomic E-state index is -3.38. The molecule has 1 saturated heterocycles. The van der Waals surface area contributed by atoms with Crippen LogP contribution in [0.1, 0.15) is 46.0 Å². The molecule has 0 spiro atoms.